The van der Waals surface area contributed by atoms with E-state index in [1.165, 1.54) is 10.6 Å². The van der Waals surface area contributed by atoms with Gasteiger partial charge in [-0.2, -0.15) is 0 Å². The number of aliphatic hydroxyl groups excluding tert-OH is 1. The van der Waals surface area contributed by atoms with Crippen molar-refractivity contribution in [2.75, 3.05) is 25.1 Å². The Kier molecular flexibility index (Phi) is 6.60. The third-order valence-corrected chi connectivity index (χ3v) is 5.48. The molecular weight excluding hydrogens is 423 g/mol. The summed E-state index contributed by atoms with van der Waals surface area (Å²) in [6.07, 6.45) is 2.57. The van der Waals surface area contributed by atoms with Gasteiger partial charge >= 0.3 is 0 Å². The number of hydrogen-bond donors (Lipinski definition) is 2. The molecule has 1 fully saturated rings. The Morgan fingerprint density at radius 3 is 2.94 bits per heavy atom. The predicted octanol–water partition coefficient (Wildman–Crippen LogP) is 3.08. The van der Waals surface area contributed by atoms with Crippen molar-refractivity contribution in [2.24, 2.45) is 0 Å². The fourth-order valence-corrected chi connectivity index (χ4v) is 3.79. The van der Waals surface area contributed by atoms with Gasteiger partial charge < -0.3 is 19.7 Å². The van der Waals surface area contributed by atoms with E-state index >= 15 is 0 Å². The fourth-order valence-electron chi connectivity index (χ4n) is 3.60. The lowest BCUT2D eigenvalue weighted by Crippen LogP contribution is -2.39. The van der Waals surface area contributed by atoms with Gasteiger partial charge in [0.05, 0.1) is 31.0 Å². The van der Waals surface area contributed by atoms with Crippen molar-refractivity contribution in [1.29, 1.82) is 0 Å². The Labute approximate surface area is 183 Å². The second-order valence-electron chi connectivity index (χ2n) is 7.31. The molecule has 1 unspecified atom stereocenters. The summed E-state index contributed by atoms with van der Waals surface area (Å²) in [5.41, 5.74) is 1.57. The molecule has 0 amide bonds. The molecule has 31 heavy (non-hydrogen) atoms. The summed E-state index contributed by atoms with van der Waals surface area (Å²) in [5.74, 6) is 0.295. The fraction of sp³-hybridized carbons (Fsp3) is 0.318. The Bertz CT molecular complexity index is 1110. The molecule has 1 saturated heterocycles. The van der Waals surface area contributed by atoms with E-state index in [9.17, 15) is 14.3 Å². The van der Waals surface area contributed by atoms with E-state index in [0.717, 1.165) is 5.56 Å². The number of aromatic nitrogens is 3. The molecule has 3 aromatic rings. The standard InChI is InChI=1S/C22H22ClFN4O3/c23-16-3-1-2-15(10-16)20(12-29)28-8-5-14(11-21(28)30)18-4-7-25-22(26-18)27-19-6-9-31-13-17(19)24/h1-5,7-8,10-11,17,19-20,29H,6,9,12-13H2,(H,25,26,27)/t17-,19-,20?/m1/s1. The first kappa shape index (κ1) is 21.4. The van der Waals surface area contributed by atoms with E-state index < -0.39 is 18.3 Å². The quantitative estimate of drug-likeness (QED) is 0.607. The minimum Gasteiger partial charge on any atom is -0.394 e. The van der Waals surface area contributed by atoms with Gasteiger partial charge in [-0.1, -0.05) is 23.7 Å². The van der Waals surface area contributed by atoms with Gasteiger partial charge in [-0.15, -0.1) is 0 Å². The van der Waals surface area contributed by atoms with Crippen LogP contribution in [0, 0.1) is 0 Å². The van der Waals surface area contributed by atoms with E-state index in [1.54, 1.807) is 42.7 Å². The number of anilines is 1. The number of pyridine rings is 1. The van der Waals surface area contributed by atoms with Crippen molar-refractivity contribution in [3.63, 3.8) is 0 Å². The first-order chi connectivity index (χ1) is 15.0. The van der Waals surface area contributed by atoms with Gasteiger partial charge in [0, 0.05) is 35.7 Å². The van der Waals surface area contributed by atoms with Crippen LogP contribution in [-0.2, 0) is 4.74 Å². The zero-order chi connectivity index (χ0) is 21.8. The molecule has 2 aromatic heterocycles. The average Bonchev–Trinajstić information content (AvgIpc) is 2.77. The van der Waals surface area contributed by atoms with Crippen LogP contribution in [0.1, 0.15) is 18.0 Å². The lowest BCUT2D eigenvalue weighted by molar-refractivity contribution is 0.0284. The van der Waals surface area contributed by atoms with Crippen LogP contribution in [0.2, 0.25) is 5.02 Å². The molecule has 1 aromatic carbocycles. The van der Waals surface area contributed by atoms with Gasteiger partial charge in [0.1, 0.15) is 6.17 Å². The topological polar surface area (TPSA) is 89.3 Å². The Morgan fingerprint density at radius 2 is 2.19 bits per heavy atom. The Balaban J connectivity index is 1.58. The first-order valence-electron chi connectivity index (χ1n) is 9.95. The van der Waals surface area contributed by atoms with Crippen LogP contribution in [0.5, 0.6) is 0 Å². The molecule has 1 aliphatic rings. The molecule has 1 aliphatic heterocycles. The van der Waals surface area contributed by atoms with Crippen LogP contribution in [0.3, 0.4) is 0 Å². The number of hydrogen-bond acceptors (Lipinski definition) is 6. The van der Waals surface area contributed by atoms with E-state index in [2.05, 4.69) is 15.3 Å². The predicted molar refractivity (Wildman–Crippen MR) is 116 cm³/mol. The second-order valence-corrected chi connectivity index (χ2v) is 7.75. The summed E-state index contributed by atoms with van der Waals surface area (Å²) in [5, 5.41) is 13.4. The van der Waals surface area contributed by atoms with Gasteiger partial charge in [-0.3, -0.25) is 4.79 Å². The summed E-state index contributed by atoms with van der Waals surface area (Å²) in [7, 11) is 0. The van der Waals surface area contributed by atoms with Crippen molar-refractivity contribution in [3.05, 3.63) is 75.8 Å². The SMILES string of the molecule is O=c1cc(-c2ccnc(N[C@@H]3CCOC[C@H]3F)n2)ccn1C(CO)c1cccc(Cl)c1. The number of ether oxygens (including phenoxy) is 1. The third kappa shape index (κ3) is 4.92. The molecule has 0 spiro atoms. The van der Waals surface area contributed by atoms with Gasteiger partial charge in [0.25, 0.3) is 5.56 Å². The minimum atomic E-state index is -1.13. The molecule has 3 atom stereocenters. The minimum absolute atomic E-state index is 0.0498. The van der Waals surface area contributed by atoms with Crippen LogP contribution >= 0.6 is 11.6 Å². The Morgan fingerprint density at radius 1 is 1.32 bits per heavy atom. The summed E-state index contributed by atoms with van der Waals surface area (Å²) in [4.78, 5) is 21.4. The molecule has 162 valence electrons. The normalized spacial score (nSPS) is 19.7. The number of aliphatic hydroxyl groups is 1. The number of rotatable bonds is 6. The van der Waals surface area contributed by atoms with Crippen LogP contribution in [0.15, 0.2) is 59.7 Å². The molecular formula is C22H22ClFN4O3. The molecule has 2 N–H and O–H groups in total. The largest absolute Gasteiger partial charge is 0.394 e. The van der Waals surface area contributed by atoms with Crippen molar-refractivity contribution in [2.45, 2.75) is 24.7 Å². The van der Waals surface area contributed by atoms with Crippen molar-refractivity contribution >= 4 is 17.5 Å². The second kappa shape index (κ2) is 9.55. The summed E-state index contributed by atoms with van der Waals surface area (Å²) in [6.45, 7) is 0.277. The smallest absolute Gasteiger partial charge is 0.251 e. The molecule has 9 heteroatoms. The first-order valence-corrected chi connectivity index (χ1v) is 10.3. The number of benzene rings is 1. The molecule has 0 saturated carbocycles. The summed E-state index contributed by atoms with van der Waals surface area (Å²) >= 11 is 6.05. The van der Waals surface area contributed by atoms with Crippen molar-refractivity contribution in [3.8, 4) is 11.3 Å². The van der Waals surface area contributed by atoms with Gasteiger partial charge in [-0.25, -0.2) is 14.4 Å². The van der Waals surface area contributed by atoms with Crippen LogP contribution in [0.25, 0.3) is 11.3 Å². The lowest BCUT2D eigenvalue weighted by Gasteiger charge is -2.26. The average molecular weight is 445 g/mol. The van der Waals surface area contributed by atoms with E-state index in [0.29, 0.717) is 35.3 Å². The van der Waals surface area contributed by atoms with Gasteiger partial charge in [-0.05, 0) is 36.2 Å². The molecule has 0 radical (unpaired) electrons. The number of nitrogens with one attached hydrogen (secondary N) is 1. The van der Waals surface area contributed by atoms with E-state index in [1.807, 2.05) is 6.07 Å². The van der Waals surface area contributed by atoms with Crippen LogP contribution < -0.4 is 10.9 Å². The zero-order valence-corrected chi connectivity index (χ0v) is 17.4. The molecule has 7 nitrogen and oxygen atoms in total. The summed E-state index contributed by atoms with van der Waals surface area (Å²) < 4.78 is 20.6. The van der Waals surface area contributed by atoms with Gasteiger partial charge in [0.15, 0.2) is 0 Å². The van der Waals surface area contributed by atoms with Crippen LogP contribution in [0.4, 0.5) is 10.3 Å². The number of alkyl halides is 1. The van der Waals surface area contributed by atoms with Crippen LogP contribution in [-0.4, -0.2) is 51.7 Å². The van der Waals surface area contributed by atoms with Crippen molar-refractivity contribution in [1.82, 2.24) is 14.5 Å². The van der Waals surface area contributed by atoms with E-state index in [4.69, 9.17) is 16.3 Å². The molecule has 4 rings (SSSR count). The maximum absolute atomic E-state index is 14.0. The maximum atomic E-state index is 14.0. The van der Waals surface area contributed by atoms with Crippen molar-refractivity contribution < 1.29 is 14.2 Å². The van der Waals surface area contributed by atoms with Gasteiger partial charge in [0.2, 0.25) is 5.95 Å². The molecule has 0 aliphatic carbocycles. The maximum Gasteiger partial charge on any atom is 0.251 e. The van der Waals surface area contributed by atoms with E-state index in [-0.39, 0.29) is 18.8 Å². The monoisotopic (exact) mass is 444 g/mol. The number of halogens is 2. The molecule has 3 heterocycles. The third-order valence-electron chi connectivity index (χ3n) is 5.24. The lowest BCUT2D eigenvalue weighted by atomic mass is 10.1. The highest BCUT2D eigenvalue weighted by Crippen LogP contribution is 2.22. The molecule has 0 bridgehead atoms. The number of nitrogens with zero attached hydrogens (tertiary/aromatic N) is 3. The zero-order valence-electron chi connectivity index (χ0n) is 16.6. The highest BCUT2D eigenvalue weighted by Gasteiger charge is 2.26. The highest BCUT2D eigenvalue weighted by atomic mass is 35.5. The highest BCUT2D eigenvalue weighted by molar-refractivity contribution is 6.30. The Hall–Kier alpha value is -2.81. The summed E-state index contributed by atoms with van der Waals surface area (Å²) in [6, 6.07) is 10.9.